The van der Waals surface area contributed by atoms with E-state index >= 15 is 0 Å². The first-order chi connectivity index (χ1) is 7.70. The van der Waals surface area contributed by atoms with E-state index in [0.717, 1.165) is 29.8 Å². The average molecular weight is 219 g/mol. The number of nitrogens with one attached hydrogen (secondary N) is 1. The summed E-state index contributed by atoms with van der Waals surface area (Å²) in [5, 5.41) is 11.9. The van der Waals surface area contributed by atoms with E-state index < -0.39 is 5.97 Å². The fraction of sp³-hybridized carbons (Fsp3) is 0.250. The molecule has 0 spiro atoms. The topological polar surface area (TPSA) is 58.6 Å². The van der Waals surface area contributed by atoms with Crippen molar-refractivity contribution in [1.29, 1.82) is 0 Å². The van der Waals surface area contributed by atoms with Gasteiger partial charge in [0.2, 0.25) is 0 Å². The van der Waals surface area contributed by atoms with Crippen molar-refractivity contribution in [3.63, 3.8) is 0 Å². The quantitative estimate of drug-likeness (QED) is 0.735. The van der Waals surface area contributed by atoms with Crippen LogP contribution in [0.5, 0.6) is 5.75 Å². The largest absolute Gasteiger partial charge is 0.497 e. The second-order valence-electron chi connectivity index (χ2n) is 3.60. The standard InChI is InChI=1S/C12H13NO3/c1-16-9-3-2-8-4-5-13-11(7-12(14)15)10(8)6-9/h2-3,6-7,13H,4-5H2,1H3,(H,14,15)/b11-7+. The number of hydrogen-bond donors (Lipinski definition) is 2. The molecular formula is C12H13NO3. The number of fused-ring (bicyclic) bond motifs is 1. The van der Waals surface area contributed by atoms with Crippen molar-refractivity contribution in [2.75, 3.05) is 13.7 Å². The van der Waals surface area contributed by atoms with Gasteiger partial charge in [0.05, 0.1) is 7.11 Å². The minimum absolute atomic E-state index is 0.646. The van der Waals surface area contributed by atoms with Gasteiger partial charge >= 0.3 is 5.97 Å². The third-order valence-electron chi connectivity index (χ3n) is 2.58. The monoisotopic (exact) mass is 219 g/mol. The maximum Gasteiger partial charge on any atom is 0.330 e. The molecule has 0 atom stereocenters. The first kappa shape index (κ1) is 10.5. The van der Waals surface area contributed by atoms with Crippen molar-refractivity contribution in [2.45, 2.75) is 6.42 Å². The molecule has 4 heteroatoms. The first-order valence-electron chi connectivity index (χ1n) is 5.06. The van der Waals surface area contributed by atoms with E-state index in [1.54, 1.807) is 7.11 Å². The Bertz CT molecular complexity index is 452. The van der Waals surface area contributed by atoms with Crippen LogP contribution in [0.2, 0.25) is 0 Å². The van der Waals surface area contributed by atoms with Gasteiger partial charge in [0.15, 0.2) is 0 Å². The van der Waals surface area contributed by atoms with E-state index in [9.17, 15) is 4.79 Å². The highest BCUT2D eigenvalue weighted by atomic mass is 16.5. The van der Waals surface area contributed by atoms with Gasteiger partial charge < -0.3 is 15.2 Å². The Balaban J connectivity index is 2.47. The SMILES string of the molecule is COc1ccc2c(c1)/C(=C\C(=O)O)NCC2. The maximum atomic E-state index is 10.7. The minimum Gasteiger partial charge on any atom is -0.497 e. The molecule has 1 aliphatic heterocycles. The Morgan fingerprint density at radius 2 is 2.38 bits per heavy atom. The highest BCUT2D eigenvalue weighted by Gasteiger charge is 2.15. The second-order valence-corrected chi connectivity index (χ2v) is 3.60. The summed E-state index contributed by atoms with van der Waals surface area (Å²) >= 11 is 0. The molecule has 0 unspecified atom stereocenters. The molecule has 1 aromatic rings. The summed E-state index contributed by atoms with van der Waals surface area (Å²) in [5.41, 5.74) is 2.70. The molecule has 1 aromatic carbocycles. The maximum absolute atomic E-state index is 10.7. The van der Waals surface area contributed by atoms with E-state index in [-0.39, 0.29) is 0 Å². The summed E-state index contributed by atoms with van der Waals surface area (Å²) in [7, 11) is 1.60. The van der Waals surface area contributed by atoms with Gasteiger partial charge in [0, 0.05) is 23.9 Å². The Hall–Kier alpha value is -1.97. The van der Waals surface area contributed by atoms with E-state index in [0.29, 0.717) is 5.70 Å². The van der Waals surface area contributed by atoms with Crippen LogP contribution in [0.4, 0.5) is 0 Å². The van der Waals surface area contributed by atoms with Crippen LogP contribution in [0.1, 0.15) is 11.1 Å². The third kappa shape index (κ3) is 2.00. The molecule has 1 heterocycles. The second kappa shape index (κ2) is 4.26. The summed E-state index contributed by atoms with van der Waals surface area (Å²) in [4.78, 5) is 10.7. The normalized spacial score (nSPS) is 16.4. The number of rotatable bonds is 2. The molecule has 0 amide bonds. The van der Waals surface area contributed by atoms with Crippen LogP contribution in [0.15, 0.2) is 24.3 Å². The molecule has 16 heavy (non-hydrogen) atoms. The van der Waals surface area contributed by atoms with Crippen LogP contribution >= 0.6 is 0 Å². The lowest BCUT2D eigenvalue weighted by molar-refractivity contribution is -0.131. The van der Waals surface area contributed by atoms with Crippen LogP contribution in [0, 0.1) is 0 Å². The number of aliphatic carboxylic acids is 1. The fourth-order valence-electron chi connectivity index (χ4n) is 1.83. The van der Waals surface area contributed by atoms with Crippen molar-refractivity contribution in [1.82, 2.24) is 5.32 Å². The molecule has 1 aliphatic rings. The van der Waals surface area contributed by atoms with Crippen LogP contribution in [0.3, 0.4) is 0 Å². The lowest BCUT2D eigenvalue weighted by Crippen LogP contribution is -2.23. The Kier molecular flexibility index (Phi) is 2.81. The Labute approximate surface area is 93.5 Å². The van der Waals surface area contributed by atoms with Gasteiger partial charge in [-0.05, 0) is 24.1 Å². The van der Waals surface area contributed by atoms with Gasteiger partial charge in [-0.3, -0.25) is 0 Å². The molecule has 0 radical (unpaired) electrons. The summed E-state index contributed by atoms with van der Waals surface area (Å²) in [6.45, 7) is 0.762. The van der Waals surface area contributed by atoms with Gasteiger partial charge in [-0.25, -0.2) is 4.79 Å². The Morgan fingerprint density at radius 3 is 3.06 bits per heavy atom. The molecule has 0 aromatic heterocycles. The van der Waals surface area contributed by atoms with Crippen molar-refractivity contribution >= 4 is 11.7 Å². The number of ether oxygens (including phenoxy) is 1. The van der Waals surface area contributed by atoms with Crippen LogP contribution < -0.4 is 10.1 Å². The number of methoxy groups -OCH3 is 1. The molecule has 84 valence electrons. The van der Waals surface area contributed by atoms with Crippen molar-refractivity contribution < 1.29 is 14.6 Å². The molecule has 0 fully saturated rings. The molecule has 0 aliphatic carbocycles. The molecule has 0 saturated heterocycles. The van der Waals surface area contributed by atoms with E-state index in [1.165, 1.54) is 6.08 Å². The first-order valence-corrected chi connectivity index (χ1v) is 5.06. The predicted octanol–water partition coefficient (Wildman–Crippen LogP) is 1.27. The zero-order valence-electron chi connectivity index (χ0n) is 8.99. The number of hydrogen-bond acceptors (Lipinski definition) is 3. The van der Waals surface area contributed by atoms with E-state index in [1.807, 2.05) is 18.2 Å². The van der Waals surface area contributed by atoms with Crippen LogP contribution in [0.25, 0.3) is 5.70 Å². The predicted molar refractivity (Wildman–Crippen MR) is 60.3 cm³/mol. The fourth-order valence-corrected chi connectivity index (χ4v) is 1.83. The van der Waals surface area contributed by atoms with E-state index in [2.05, 4.69) is 5.32 Å². The summed E-state index contributed by atoms with van der Waals surface area (Å²) < 4.78 is 5.13. The van der Waals surface area contributed by atoms with Gasteiger partial charge in [-0.1, -0.05) is 6.07 Å². The van der Waals surface area contributed by atoms with Gasteiger partial charge in [-0.2, -0.15) is 0 Å². The third-order valence-corrected chi connectivity index (χ3v) is 2.58. The van der Waals surface area contributed by atoms with Gasteiger partial charge in [0.1, 0.15) is 5.75 Å². The van der Waals surface area contributed by atoms with Crippen LogP contribution in [-0.2, 0) is 11.2 Å². The number of carbonyl (C=O) groups is 1. The molecule has 2 N–H and O–H groups in total. The summed E-state index contributed by atoms with van der Waals surface area (Å²) in [6, 6.07) is 5.73. The zero-order valence-corrected chi connectivity index (χ0v) is 8.99. The number of benzene rings is 1. The number of carboxylic acid groups (broad SMARTS) is 1. The van der Waals surface area contributed by atoms with Crippen molar-refractivity contribution in [2.24, 2.45) is 0 Å². The summed E-state index contributed by atoms with van der Waals surface area (Å²) in [5.74, 6) is -0.211. The highest BCUT2D eigenvalue weighted by molar-refractivity contribution is 5.90. The smallest absolute Gasteiger partial charge is 0.330 e. The highest BCUT2D eigenvalue weighted by Crippen LogP contribution is 2.26. The Morgan fingerprint density at radius 1 is 1.56 bits per heavy atom. The minimum atomic E-state index is -0.946. The summed E-state index contributed by atoms with van der Waals surface area (Å²) in [6.07, 6.45) is 2.09. The average Bonchev–Trinajstić information content (AvgIpc) is 2.28. The lowest BCUT2D eigenvalue weighted by atomic mass is 9.97. The molecular weight excluding hydrogens is 206 g/mol. The zero-order chi connectivity index (χ0) is 11.5. The van der Waals surface area contributed by atoms with Gasteiger partial charge in [0.25, 0.3) is 0 Å². The lowest BCUT2D eigenvalue weighted by Gasteiger charge is -2.21. The van der Waals surface area contributed by atoms with Gasteiger partial charge in [-0.15, -0.1) is 0 Å². The molecule has 0 saturated carbocycles. The molecule has 2 rings (SSSR count). The number of carboxylic acids is 1. The van der Waals surface area contributed by atoms with E-state index in [4.69, 9.17) is 9.84 Å². The molecule has 0 bridgehead atoms. The van der Waals surface area contributed by atoms with Crippen molar-refractivity contribution in [3.8, 4) is 5.75 Å². The van der Waals surface area contributed by atoms with Crippen LogP contribution in [-0.4, -0.2) is 24.7 Å². The van der Waals surface area contributed by atoms with Crippen molar-refractivity contribution in [3.05, 3.63) is 35.4 Å². The molecule has 4 nitrogen and oxygen atoms in total.